The Morgan fingerprint density at radius 2 is 2.22 bits per heavy atom. The van der Waals surface area contributed by atoms with Gasteiger partial charge in [-0.2, -0.15) is 0 Å². The molecule has 2 rings (SSSR count). The smallest absolute Gasteiger partial charge is 0.337 e. The molecule has 1 fully saturated rings. The highest BCUT2D eigenvalue weighted by Gasteiger charge is 2.12. The van der Waals surface area contributed by atoms with Crippen molar-refractivity contribution in [3.63, 3.8) is 0 Å². The summed E-state index contributed by atoms with van der Waals surface area (Å²) in [5.41, 5.74) is 2.00. The maximum atomic E-state index is 10.9. The molecule has 0 bridgehead atoms. The van der Waals surface area contributed by atoms with Gasteiger partial charge in [-0.25, -0.2) is 4.79 Å². The van der Waals surface area contributed by atoms with E-state index in [1.54, 1.807) is 0 Å². The van der Waals surface area contributed by atoms with Gasteiger partial charge in [-0.05, 0) is 18.6 Å². The molecule has 5 heteroatoms. The van der Waals surface area contributed by atoms with Crippen molar-refractivity contribution in [1.82, 2.24) is 9.88 Å². The topological polar surface area (TPSA) is 62.7 Å². The molecule has 0 unspecified atom stereocenters. The van der Waals surface area contributed by atoms with Crippen molar-refractivity contribution < 1.29 is 14.6 Å². The summed E-state index contributed by atoms with van der Waals surface area (Å²) >= 11 is 0. The van der Waals surface area contributed by atoms with E-state index in [4.69, 9.17) is 9.84 Å². The highest BCUT2D eigenvalue weighted by molar-refractivity contribution is 5.88. The standard InChI is InChI=1S/C13H18N2O3/c1-10-8-11(14-9-12(10)13(16)17)2-3-15-4-6-18-7-5-15/h8-9H,2-7H2,1H3,(H,16,17). The molecule has 1 aromatic rings. The van der Waals surface area contributed by atoms with Crippen LogP contribution in [0.5, 0.6) is 0 Å². The Balaban J connectivity index is 1.93. The van der Waals surface area contributed by atoms with E-state index in [0.717, 1.165) is 50.5 Å². The monoisotopic (exact) mass is 250 g/mol. The average Bonchev–Trinajstić information content (AvgIpc) is 2.37. The Kier molecular flexibility index (Phi) is 4.28. The number of ether oxygens (including phenoxy) is 1. The molecule has 0 spiro atoms. The molecule has 0 aromatic carbocycles. The minimum atomic E-state index is -0.917. The fraction of sp³-hybridized carbons (Fsp3) is 0.538. The lowest BCUT2D eigenvalue weighted by atomic mass is 10.1. The van der Waals surface area contributed by atoms with E-state index in [9.17, 15) is 4.79 Å². The van der Waals surface area contributed by atoms with Crippen LogP contribution in [0.15, 0.2) is 12.3 Å². The molecule has 1 aliphatic heterocycles. The summed E-state index contributed by atoms with van der Waals surface area (Å²) in [5.74, 6) is -0.917. The summed E-state index contributed by atoms with van der Waals surface area (Å²) in [7, 11) is 0. The van der Waals surface area contributed by atoms with E-state index in [1.807, 2.05) is 13.0 Å². The summed E-state index contributed by atoms with van der Waals surface area (Å²) in [5, 5.41) is 8.93. The van der Waals surface area contributed by atoms with E-state index in [1.165, 1.54) is 6.20 Å². The van der Waals surface area contributed by atoms with Crippen LogP contribution in [-0.4, -0.2) is 53.8 Å². The third-order valence-electron chi connectivity index (χ3n) is 3.19. The number of hydrogen-bond acceptors (Lipinski definition) is 4. The summed E-state index contributed by atoms with van der Waals surface area (Å²) in [6.07, 6.45) is 2.30. The van der Waals surface area contributed by atoms with Crippen LogP contribution >= 0.6 is 0 Å². The van der Waals surface area contributed by atoms with Gasteiger partial charge in [0.1, 0.15) is 0 Å². The highest BCUT2D eigenvalue weighted by Crippen LogP contribution is 2.09. The van der Waals surface area contributed by atoms with Gasteiger partial charge >= 0.3 is 5.97 Å². The predicted octanol–water partition coefficient (Wildman–Crippen LogP) is 0.963. The van der Waals surface area contributed by atoms with E-state index >= 15 is 0 Å². The maximum Gasteiger partial charge on any atom is 0.337 e. The minimum absolute atomic E-state index is 0.283. The van der Waals surface area contributed by atoms with Crippen LogP contribution in [0.4, 0.5) is 0 Å². The zero-order valence-electron chi connectivity index (χ0n) is 10.6. The van der Waals surface area contributed by atoms with E-state index in [0.29, 0.717) is 0 Å². The molecule has 5 nitrogen and oxygen atoms in total. The lowest BCUT2D eigenvalue weighted by molar-refractivity contribution is 0.0383. The van der Waals surface area contributed by atoms with Crippen molar-refractivity contribution in [3.8, 4) is 0 Å². The van der Waals surface area contributed by atoms with Crippen molar-refractivity contribution in [3.05, 3.63) is 29.1 Å². The molecule has 1 aromatic heterocycles. The van der Waals surface area contributed by atoms with E-state index in [-0.39, 0.29) is 5.56 Å². The molecule has 1 aliphatic rings. The number of aryl methyl sites for hydroxylation is 1. The Morgan fingerprint density at radius 3 is 2.83 bits per heavy atom. The second kappa shape index (κ2) is 5.93. The number of carboxylic acid groups (broad SMARTS) is 1. The van der Waals surface area contributed by atoms with Crippen LogP contribution in [-0.2, 0) is 11.2 Å². The second-order valence-corrected chi connectivity index (χ2v) is 4.50. The number of carbonyl (C=O) groups is 1. The predicted molar refractivity (Wildman–Crippen MR) is 66.9 cm³/mol. The van der Waals surface area contributed by atoms with Crippen molar-refractivity contribution in [1.29, 1.82) is 0 Å². The van der Waals surface area contributed by atoms with Crippen LogP contribution in [0.1, 0.15) is 21.6 Å². The third-order valence-corrected chi connectivity index (χ3v) is 3.19. The van der Waals surface area contributed by atoms with Gasteiger partial charge in [-0.3, -0.25) is 9.88 Å². The first-order valence-corrected chi connectivity index (χ1v) is 6.16. The highest BCUT2D eigenvalue weighted by atomic mass is 16.5. The lowest BCUT2D eigenvalue weighted by Gasteiger charge is -2.26. The largest absolute Gasteiger partial charge is 0.478 e. The first-order valence-electron chi connectivity index (χ1n) is 6.16. The minimum Gasteiger partial charge on any atom is -0.478 e. The second-order valence-electron chi connectivity index (χ2n) is 4.50. The van der Waals surface area contributed by atoms with Crippen LogP contribution in [0.25, 0.3) is 0 Å². The van der Waals surface area contributed by atoms with Crippen molar-refractivity contribution >= 4 is 5.97 Å². The molecule has 98 valence electrons. The fourth-order valence-electron chi connectivity index (χ4n) is 2.07. The Bertz CT molecular complexity index is 428. The molecule has 2 heterocycles. The molecular weight excluding hydrogens is 232 g/mol. The van der Waals surface area contributed by atoms with Gasteiger partial charge in [-0.1, -0.05) is 0 Å². The number of morpholine rings is 1. The molecule has 0 atom stereocenters. The van der Waals surface area contributed by atoms with Crippen molar-refractivity contribution in [2.45, 2.75) is 13.3 Å². The summed E-state index contributed by atoms with van der Waals surface area (Å²) < 4.78 is 5.29. The zero-order valence-corrected chi connectivity index (χ0v) is 10.6. The van der Waals surface area contributed by atoms with Gasteiger partial charge in [0.2, 0.25) is 0 Å². The summed E-state index contributed by atoms with van der Waals surface area (Å²) in [6.45, 7) is 6.28. The van der Waals surface area contributed by atoms with Gasteiger partial charge in [0, 0.05) is 37.9 Å². The number of nitrogens with zero attached hydrogens (tertiary/aromatic N) is 2. The van der Waals surface area contributed by atoms with Crippen molar-refractivity contribution in [2.24, 2.45) is 0 Å². The first kappa shape index (κ1) is 13.0. The van der Waals surface area contributed by atoms with E-state index in [2.05, 4.69) is 9.88 Å². The van der Waals surface area contributed by atoms with E-state index < -0.39 is 5.97 Å². The molecule has 0 radical (unpaired) electrons. The van der Waals surface area contributed by atoms with Crippen LogP contribution in [0, 0.1) is 6.92 Å². The third kappa shape index (κ3) is 3.27. The molecule has 1 saturated heterocycles. The number of carboxylic acids is 1. The quantitative estimate of drug-likeness (QED) is 0.862. The van der Waals surface area contributed by atoms with Gasteiger partial charge in [0.25, 0.3) is 0 Å². The van der Waals surface area contributed by atoms with Gasteiger partial charge in [0.15, 0.2) is 0 Å². The van der Waals surface area contributed by atoms with Crippen molar-refractivity contribution in [2.75, 3.05) is 32.8 Å². The summed E-state index contributed by atoms with van der Waals surface area (Å²) in [6, 6.07) is 1.86. The van der Waals surface area contributed by atoms with Gasteiger partial charge < -0.3 is 9.84 Å². The first-order chi connectivity index (χ1) is 8.66. The molecule has 0 aliphatic carbocycles. The van der Waals surface area contributed by atoms with Crippen LogP contribution in [0.2, 0.25) is 0 Å². The number of aromatic carboxylic acids is 1. The maximum absolute atomic E-state index is 10.9. The number of rotatable bonds is 4. The normalized spacial score (nSPS) is 16.7. The van der Waals surface area contributed by atoms with Crippen LogP contribution < -0.4 is 0 Å². The number of aromatic nitrogens is 1. The number of hydrogen-bond donors (Lipinski definition) is 1. The Hall–Kier alpha value is -1.46. The molecular formula is C13H18N2O3. The van der Waals surface area contributed by atoms with Gasteiger partial charge in [-0.15, -0.1) is 0 Å². The average molecular weight is 250 g/mol. The molecule has 0 saturated carbocycles. The molecule has 18 heavy (non-hydrogen) atoms. The Morgan fingerprint density at radius 1 is 1.50 bits per heavy atom. The molecule has 0 amide bonds. The lowest BCUT2D eigenvalue weighted by Crippen LogP contribution is -2.37. The fourth-order valence-corrected chi connectivity index (χ4v) is 2.07. The number of pyridine rings is 1. The van der Waals surface area contributed by atoms with Gasteiger partial charge in [0.05, 0.1) is 18.8 Å². The zero-order chi connectivity index (χ0) is 13.0. The molecule has 1 N–H and O–H groups in total. The van der Waals surface area contributed by atoms with Crippen LogP contribution in [0.3, 0.4) is 0 Å². The SMILES string of the molecule is Cc1cc(CCN2CCOCC2)ncc1C(=O)O. The summed E-state index contributed by atoms with van der Waals surface area (Å²) in [4.78, 5) is 17.4. The Labute approximate surface area is 106 Å².